The molecule has 1 atom stereocenters. The summed E-state index contributed by atoms with van der Waals surface area (Å²) in [4.78, 5) is 13.7. The lowest BCUT2D eigenvalue weighted by molar-refractivity contribution is -0.132. The molecule has 1 heterocycles. The number of nitrogens with two attached hydrogens (primary N) is 1. The van der Waals surface area contributed by atoms with Gasteiger partial charge in [0, 0.05) is 19.1 Å². The number of carbonyl (C=O) groups is 1. The summed E-state index contributed by atoms with van der Waals surface area (Å²) in [5.41, 5.74) is 8.02. The fraction of sp³-hybridized carbons (Fsp3) is 0.500. The fourth-order valence-corrected chi connectivity index (χ4v) is 2.21. The van der Waals surface area contributed by atoms with Crippen LogP contribution in [0.2, 0.25) is 0 Å². The molecule has 98 valence electrons. The van der Waals surface area contributed by atoms with E-state index in [1.54, 1.807) is 4.90 Å². The number of nitrogens with zero attached hydrogens (tertiary/aromatic N) is 1. The molecule has 1 saturated heterocycles. The van der Waals surface area contributed by atoms with Gasteiger partial charge in [-0.15, -0.1) is 0 Å². The molecule has 1 amide bonds. The van der Waals surface area contributed by atoms with Crippen LogP contribution < -0.4 is 10.5 Å². The number of rotatable bonds is 3. The van der Waals surface area contributed by atoms with Crippen LogP contribution in [0.3, 0.4) is 0 Å². The van der Waals surface area contributed by atoms with E-state index >= 15 is 0 Å². The highest BCUT2D eigenvalue weighted by Crippen LogP contribution is 2.19. The summed E-state index contributed by atoms with van der Waals surface area (Å²) in [7, 11) is 0. The highest BCUT2D eigenvalue weighted by atomic mass is 16.5. The number of hydrogen-bond donors (Lipinski definition) is 1. The SMILES string of the molecule is Cc1ccc(OCC(=O)N2CCC(N)C2)c(C)c1. The molecule has 0 bridgehead atoms. The van der Waals surface area contributed by atoms with Crippen molar-refractivity contribution in [1.82, 2.24) is 4.90 Å². The van der Waals surface area contributed by atoms with Crippen molar-refractivity contribution in [3.05, 3.63) is 29.3 Å². The van der Waals surface area contributed by atoms with Crippen molar-refractivity contribution in [2.45, 2.75) is 26.3 Å². The predicted molar refractivity (Wildman–Crippen MR) is 70.6 cm³/mol. The number of ether oxygens (including phenoxy) is 1. The first-order valence-electron chi connectivity index (χ1n) is 6.29. The van der Waals surface area contributed by atoms with Crippen LogP contribution in [0.5, 0.6) is 5.75 Å². The number of carbonyl (C=O) groups excluding carboxylic acids is 1. The van der Waals surface area contributed by atoms with Crippen molar-refractivity contribution in [3.63, 3.8) is 0 Å². The summed E-state index contributed by atoms with van der Waals surface area (Å²) >= 11 is 0. The molecule has 0 aromatic heterocycles. The third kappa shape index (κ3) is 3.01. The first kappa shape index (κ1) is 12.9. The molecule has 2 N–H and O–H groups in total. The molecule has 0 radical (unpaired) electrons. The molecule has 0 aliphatic carbocycles. The van der Waals surface area contributed by atoms with Crippen LogP contribution in [0.1, 0.15) is 17.5 Å². The first-order chi connectivity index (χ1) is 8.56. The van der Waals surface area contributed by atoms with Gasteiger partial charge in [0.2, 0.25) is 0 Å². The highest BCUT2D eigenvalue weighted by molar-refractivity contribution is 5.78. The molecular weight excluding hydrogens is 228 g/mol. The quantitative estimate of drug-likeness (QED) is 0.875. The molecule has 0 saturated carbocycles. The molecule has 1 aliphatic heterocycles. The Hall–Kier alpha value is -1.55. The van der Waals surface area contributed by atoms with Crippen molar-refractivity contribution < 1.29 is 9.53 Å². The second-order valence-electron chi connectivity index (χ2n) is 4.95. The minimum atomic E-state index is 0.0166. The van der Waals surface area contributed by atoms with E-state index in [9.17, 15) is 4.79 Å². The molecule has 1 aliphatic rings. The van der Waals surface area contributed by atoms with Crippen molar-refractivity contribution in [2.24, 2.45) is 5.73 Å². The number of hydrogen-bond acceptors (Lipinski definition) is 3. The van der Waals surface area contributed by atoms with E-state index in [2.05, 4.69) is 0 Å². The van der Waals surface area contributed by atoms with Gasteiger partial charge in [-0.25, -0.2) is 0 Å². The second kappa shape index (κ2) is 5.40. The standard InChI is InChI=1S/C14H20N2O2/c1-10-3-4-13(11(2)7-10)18-9-14(17)16-6-5-12(15)8-16/h3-4,7,12H,5-6,8-9,15H2,1-2H3. The van der Waals surface area contributed by atoms with Gasteiger partial charge < -0.3 is 15.4 Å². The molecule has 1 unspecified atom stereocenters. The summed E-state index contributed by atoms with van der Waals surface area (Å²) in [5.74, 6) is 0.792. The Bertz CT molecular complexity index is 445. The van der Waals surface area contributed by atoms with Gasteiger partial charge in [-0.05, 0) is 31.9 Å². The maximum Gasteiger partial charge on any atom is 0.260 e. The Labute approximate surface area is 108 Å². The summed E-state index contributed by atoms with van der Waals surface area (Å²) in [6.07, 6.45) is 0.884. The Morgan fingerprint density at radius 1 is 1.50 bits per heavy atom. The molecule has 1 aromatic rings. The maximum absolute atomic E-state index is 11.9. The van der Waals surface area contributed by atoms with E-state index < -0.39 is 0 Å². The minimum Gasteiger partial charge on any atom is -0.484 e. The van der Waals surface area contributed by atoms with Gasteiger partial charge in [0.05, 0.1) is 0 Å². The van der Waals surface area contributed by atoms with E-state index in [0.717, 1.165) is 24.3 Å². The van der Waals surface area contributed by atoms with Crippen LogP contribution >= 0.6 is 0 Å². The van der Waals surface area contributed by atoms with E-state index in [4.69, 9.17) is 10.5 Å². The van der Waals surface area contributed by atoms with Gasteiger partial charge in [-0.1, -0.05) is 17.7 Å². The lowest BCUT2D eigenvalue weighted by Crippen LogP contribution is -2.35. The van der Waals surface area contributed by atoms with E-state index in [1.165, 1.54) is 5.56 Å². The summed E-state index contributed by atoms with van der Waals surface area (Å²) in [6, 6.07) is 6.06. The third-order valence-corrected chi connectivity index (χ3v) is 3.26. The Kier molecular flexibility index (Phi) is 3.87. The number of benzene rings is 1. The van der Waals surface area contributed by atoms with Crippen LogP contribution in [-0.2, 0) is 4.79 Å². The summed E-state index contributed by atoms with van der Waals surface area (Å²) in [6.45, 7) is 5.51. The van der Waals surface area contributed by atoms with E-state index in [0.29, 0.717) is 6.54 Å². The Morgan fingerprint density at radius 2 is 2.28 bits per heavy atom. The Morgan fingerprint density at radius 3 is 2.89 bits per heavy atom. The smallest absolute Gasteiger partial charge is 0.260 e. The third-order valence-electron chi connectivity index (χ3n) is 3.26. The topological polar surface area (TPSA) is 55.6 Å². The second-order valence-corrected chi connectivity index (χ2v) is 4.95. The first-order valence-corrected chi connectivity index (χ1v) is 6.29. The number of likely N-dealkylation sites (tertiary alicyclic amines) is 1. The number of aryl methyl sites for hydroxylation is 2. The summed E-state index contributed by atoms with van der Waals surface area (Å²) in [5, 5.41) is 0. The summed E-state index contributed by atoms with van der Waals surface area (Å²) < 4.78 is 5.57. The molecular formula is C14H20N2O2. The van der Waals surface area contributed by atoms with Gasteiger partial charge >= 0.3 is 0 Å². The maximum atomic E-state index is 11.9. The predicted octanol–water partition coefficient (Wildman–Crippen LogP) is 1.24. The van der Waals surface area contributed by atoms with Crippen LogP contribution in [0.4, 0.5) is 0 Å². The van der Waals surface area contributed by atoms with Crippen LogP contribution in [0.25, 0.3) is 0 Å². The van der Waals surface area contributed by atoms with Gasteiger partial charge in [-0.2, -0.15) is 0 Å². The average Bonchev–Trinajstić information content (AvgIpc) is 2.74. The minimum absolute atomic E-state index is 0.0166. The van der Waals surface area contributed by atoms with Crippen LogP contribution in [0, 0.1) is 13.8 Å². The average molecular weight is 248 g/mol. The van der Waals surface area contributed by atoms with E-state index in [1.807, 2.05) is 32.0 Å². The lowest BCUT2D eigenvalue weighted by atomic mass is 10.1. The molecule has 4 nitrogen and oxygen atoms in total. The molecule has 4 heteroatoms. The Balaban J connectivity index is 1.89. The van der Waals surface area contributed by atoms with E-state index in [-0.39, 0.29) is 18.6 Å². The van der Waals surface area contributed by atoms with Gasteiger partial charge in [0.1, 0.15) is 5.75 Å². The van der Waals surface area contributed by atoms with Crippen LogP contribution in [0.15, 0.2) is 18.2 Å². The molecule has 2 rings (SSSR count). The van der Waals surface area contributed by atoms with Gasteiger partial charge in [0.25, 0.3) is 5.91 Å². The zero-order valence-electron chi connectivity index (χ0n) is 11.0. The molecule has 18 heavy (non-hydrogen) atoms. The zero-order valence-corrected chi connectivity index (χ0v) is 11.0. The fourth-order valence-electron chi connectivity index (χ4n) is 2.21. The van der Waals surface area contributed by atoms with Gasteiger partial charge in [0.15, 0.2) is 6.61 Å². The van der Waals surface area contributed by atoms with Crippen molar-refractivity contribution in [2.75, 3.05) is 19.7 Å². The molecule has 1 fully saturated rings. The lowest BCUT2D eigenvalue weighted by Gasteiger charge is -2.16. The normalized spacial score (nSPS) is 19.1. The van der Waals surface area contributed by atoms with Gasteiger partial charge in [-0.3, -0.25) is 4.79 Å². The molecule has 0 spiro atoms. The zero-order chi connectivity index (χ0) is 13.1. The largest absolute Gasteiger partial charge is 0.484 e. The van der Waals surface area contributed by atoms with Crippen molar-refractivity contribution in [3.8, 4) is 5.75 Å². The van der Waals surface area contributed by atoms with Crippen molar-refractivity contribution in [1.29, 1.82) is 0 Å². The highest BCUT2D eigenvalue weighted by Gasteiger charge is 2.23. The van der Waals surface area contributed by atoms with Crippen LogP contribution in [-0.4, -0.2) is 36.5 Å². The molecule has 1 aromatic carbocycles. The monoisotopic (exact) mass is 248 g/mol. The van der Waals surface area contributed by atoms with Crippen molar-refractivity contribution >= 4 is 5.91 Å². The number of amides is 1.